The summed E-state index contributed by atoms with van der Waals surface area (Å²) >= 11 is 7.86. The zero-order valence-electron chi connectivity index (χ0n) is 16.8. The number of carbonyl (C=O) groups is 2. The summed E-state index contributed by atoms with van der Waals surface area (Å²) in [5.74, 6) is -0.326. The molecule has 0 bridgehead atoms. The van der Waals surface area contributed by atoms with Crippen molar-refractivity contribution in [2.24, 2.45) is 0 Å². The van der Waals surface area contributed by atoms with E-state index in [4.69, 9.17) is 16.3 Å². The molecule has 2 N–H and O–H groups in total. The van der Waals surface area contributed by atoms with E-state index in [0.717, 1.165) is 11.3 Å². The van der Waals surface area contributed by atoms with Gasteiger partial charge in [0.15, 0.2) is 0 Å². The van der Waals surface area contributed by atoms with Crippen LogP contribution in [0.1, 0.15) is 5.56 Å². The summed E-state index contributed by atoms with van der Waals surface area (Å²) in [5, 5.41) is 5.99. The molecule has 2 atom stereocenters. The van der Waals surface area contributed by atoms with E-state index in [9.17, 15) is 14.0 Å². The van der Waals surface area contributed by atoms with E-state index in [1.54, 1.807) is 24.3 Å². The predicted molar refractivity (Wildman–Crippen MR) is 121 cm³/mol. The van der Waals surface area contributed by atoms with Gasteiger partial charge >= 0.3 is 0 Å². The summed E-state index contributed by atoms with van der Waals surface area (Å²) < 4.78 is 18.5. The minimum absolute atomic E-state index is 0.194. The number of morpholine rings is 1. The Balaban J connectivity index is 1.39. The molecule has 0 unspecified atom stereocenters. The van der Waals surface area contributed by atoms with Gasteiger partial charge in [-0.1, -0.05) is 29.8 Å². The van der Waals surface area contributed by atoms with Crippen LogP contribution < -0.4 is 15.5 Å². The van der Waals surface area contributed by atoms with Gasteiger partial charge in [-0.15, -0.1) is 11.8 Å². The van der Waals surface area contributed by atoms with Gasteiger partial charge in [0.2, 0.25) is 11.8 Å². The molecule has 2 aliphatic rings. The van der Waals surface area contributed by atoms with Gasteiger partial charge in [0, 0.05) is 18.8 Å². The molecule has 2 fully saturated rings. The zero-order chi connectivity index (χ0) is 21.8. The van der Waals surface area contributed by atoms with Crippen molar-refractivity contribution in [2.75, 3.05) is 42.3 Å². The Morgan fingerprint density at radius 2 is 1.97 bits per heavy atom. The molecule has 31 heavy (non-hydrogen) atoms. The van der Waals surface area contributed by atoms with Crippen LogP contribution in [0, 0.1) is 5.82 Å². The first-order valence-corrected chi connectivity index (χ1v) is 11.5. The number of nitrogens with one attached hydrogen (secondary N) is 2. The number of anilines is 2. The van der Waals surface area contributed by atoms with Crippen LogP contribution >= 0.6 is 23.4 Å². The summed E-state index contributed by atoms with van der Waals surface area (Å²) in [6.07, 6.45) is 0.487. The topological polar surface area (TPSA) is 70.7 Å². The van der Waals surface area contributed by atoms with E-state index in [1.807, 2.05) is 6.07 Å². The molecular formula is C22H23ClFN3O3S. The summed E-state index contributed by atoms with van der Waals surface area (Å²) in [6.45, 7) is 2.58. The first-order valence-electron chi connectivity index (χ1n) is 10.1. The lowest BCUT2D eigenvalue weighted by atomic mass is 10.1. The molecule has 0 radical (unpaired) electrons. The first kappa shape index (κ1) is 21.9. The van der Waals surface area contributed by atoms with E-state index >= 15 is 0 Å². The molecule has 0 saturated carbocycles. The lowest BCUT2D eigenvalue weighted by Crippen LogP contribution is -2.53. The molecule has 2 aromatic rings. The number of para-hydroxylation sites is 1. The van der Waals surface area contributed by atoms with Crippen LogP contribution in [-0.4, -0.2) is 55.2 Å². The largest absolute Gasteiger partial charge is 0.378 e. The molecule has 0 aliphatic carbocycles. The maximum absolute atomic E-state index is 13.1. The number of thioether (sulfide) groups is 1. The minimum atomic E-state index is -0.640. The van der Waals surface area contributed by atoms with Crippen molar-refractivity contribution in [3.8, 4) is 0 Å². The molecule has 0 spiro atoms. The third-order valence-electron chi connectivity index (χ3n) is 5.30. The quantitative estimate of drug-likeness (QED) is 0.713. The van der Waals surface area contributed by atoms with Gasteiger partial charge < -0.3 is 20.3 Å². The summed E-state index contributed by atoms with van der Waals surface area (Å²) in [4.78, 5) is 27.6. The molecule has 0 aromatic heterocycles. The Bertz CT molecular complexity index is 954. The van der Waals surface area contributed by atoms with E-state index in [2.05, 4.69) is 15.5 Å². The van der Waals surface area contributed by atoms with Gasteiger partial charge in [0.25, 0.3) is 0 Å². The van der Waals surface area contributed by atoms with Gasteiger partial charge in [0.1, 0.15) is 11.9 Å². The van der Waals surface area contributed by atoms with E-state index < -0.39 is 6.04 Å². The number of carbonyl (C=O) groups excluding carboxylic acids is 2. The van der Waals surface area contributed by atoms with E-state index in [0.29, 0.717) is 49.2 Å². The van der Waals surface area contributed by atoms with Crippen molar-refractivity contribution < 1.29 is 18.7 Å². The molecule has 2 aliphatic heterocycles. The Kier molecular flexibility index (Phi) is 6.99. The second kappa shape index (κ2) is 9.89. The van der Waals surface area contributed by atoms with Gasteiger partial charge in [0.05, 0.1) is 34.9 Å². The lowest BCUT2D eigenvalue weighted by molar-refractivity contribution is -0.126. The fraction of sp³-hybridized carbons (Fsp3) is 0.364. The van der Waals surface area contributed by atoms with Crippen molar-refractivity contribution >= 4 is 46.6 Å². The van der Waals surface area contributed by atoms with Crippen LogP contribution in [0.3, 0.4) is 0 Å². The fourth-order valence-electron chi connectivity index (χ4n) is 3.67. The number of rotatable bonds is 5. The molecule has 6 nitrogen and oxygen atoms in total. The average molecular weight is 464 g/mol. The fourth-order valence-corrected chi connectivity index (χ4v) is 5.15. The van der Waals surface area contributed by atoms with Crippen LogP contribution in [0.15, 0.2) is 42.5 Å². The van der Waals surface area contributed by atoms with Crippen LogP contribution in [0.4, 0.5) is 15.8 Å². The van der Waals surface area contributed by atoms with Crippen LogP contribution in [0.5, 0.6) is 0 Å². The van der Waals surface area contributed by atoms with Gasteiger partial charge in [-0.25, -0.2) is 4.39 Å². The molecular weight excluding hydrogens is 441 g/mol. The minimum Gasteiger partial charge on any atom is -0.378 e. The van der Waals surface area contributed by atoms with Crippen molar-refractivity contribution in [1.82, 2.24) is 5.32 Å². The Hall–Kier alpha value is -2.29. The molecule has 9 heteroatoms. The highest BCUT2D eigenvalue weighted by Crippen LogP contribution is 2.35. The predicted octanol–water partition coefficient (Wildman–Crippen LogP) is 3.10. The molecule has 2 heterocycles. The van der Waals surface area contributed by atoms with Crippen molar-refractivity contribution in [1.29, 1.82) is 0 Å². The second-order valence-electron chi connectivity index (χ2n) is 7.44. The smallest absolute Gasteiger partial charge is 0.247 e. The Morgan fingerprint density at radius 1 is 1.23 bits per heavy atom. The maximum atomic E-state index is 13.1. The van der Waals surface area contributed by atoms with Crippen molar-refractivity contribution in [3.63, 3.8) is 0 Å². The summed E-state index contributed by atoms with van der Waals surface area (Å²) in [5.41, 5.74) is 2.27. The molecule has 2 aromatic carbocycles. The molecule has 2 saturated heterocycles. The Morgan fingerprint density at radius 3 is 2.68 bits per heavy atom. The molecule has 164 valence electrons. The molecule has 4 rings (SSSR count). The summed E-state index contributed by atoms with van der Waals surface area (Å²) in [6, 6.07) is 10.9. The number of amides is 2. The third kappa shape index (κ3) is 5.31. The SMILES string of the molecule is O=C(Nc1cccc(Cl)c1N1CCOCC1)[C@H]1CS[C@H](Cc2ccc(F)cc2)C(=O)N1. The standard InChI is InChI=1S/C22H23ClFN3O3S/c23-16-2-1-3-17(20(16)27-8-10-30-11-9-27)25-21(28)18-13-31-19(22(29)26-18)12-14-4-6-15(24)7-5-14/h1-7,18-19H,8-13H2,(H,25,28)(H,26,29)/t18-,19-/m1/s1. The summed E-state index contributed by atoms with van der Waals surface area (Å²) in [7, 11) is 0. The number of ether oxygens (including phenoxy) is 1. The zero-order valence-corrected chi connectivity index (χ0v) is 18.3. The first-order chi connectivity index (χ1) is 15.0. The average Bonchev–Trinajstić information content (AvgIpc) is 2.77. The van der Waals surface area contributed by atoms with Crippen molar-refractivity contribution in [2.45, 2.75) is 17.7 Å². The van der Waals surface area contributed by atoms with Crippen LogP contribution in [0.2, 0.25) is 5.02 Å². The Labute approximate surface area is 189 Å². The lowest BCUT2D eigenvalue weighted by Gasteiger charge is -2.32. The highest BCUT2D eigenvalue weighted by molar-refractivity contribution is 8.00. The monoisotopic (exact) mass is 463 g/mol. The number of nitrogens with zero attached hydrogens (tertiary/aromatic N) is 1. The van der Waals surface area contributed by atoms with Gasteiger partial charge in [-0.05, 0) is 36.2 Å². The van der Waals surface area contributed by atoms with Crippen LogP contribution in [0.25, 0.3) is 0 Å². The number of benzene rings is 2. The molecule has 2 amide bonds. The second-order valence-corrected chi connectivity index (χ2v) is 9.08. The van der Waals surface area contributed by atoms with Gasteiger partial charge in [-0.3, -0.25) is 9.59 Å². The highest BCUT2D eigenvalue weighted by Gasteiger charge is 2.33. The van der Waals surface area contributed by atoms with Gasteiger partial charge in [-0.2, -0.15) is 0 Å². The third-order valence-corrected chi connectivity index (χ3v) is 6.91. The maximum Gasteiger partial charge on any atom is 0.247 e. The number of halogens is 2. The van der Waals surface area contributed by atoms with Crippen LogP contribution in [-0.2, 0) is 20.7 Å². The highest BCUT2D eigenvalue weighted by atomic mass is 35.5. The van der Waals surface area contributed by atoms with E-state index in [-0.39, 0.29) is 22.9 Å². The van der Waals surface area contributed by atoms with E-state index in [1.165, 1.54) is 23.9 Å². The normalized spacial score (nSPS) is 21.5. The number of hydrogen-bond acceptors (Lipinski definition) is 5. The number of hydrogen-bond donors (Lipinski definition) is 2. The van der Waals surface area contributed by atoms with Crippen molar-refractivity contribution in [3.05, 3.63) is 58.9 Å².